The Kier molecular flexibility index (Phi) is 6.13. The van der Waals surface area contributed by atoms with Crippen molar-refractivity contribution in [2.24, 2.45) is 0 Å². The number of carbonyl (C=O) groups is 2. The van der Waals surface area contributed by atoms with E-state index in [1.54, 1.807) is 11.3 Å². The van der Waals surface area contributed by atoms with Crippen molar-refractivity contribution in [3.63, 3.8) is 0 Å². The molecular weight excluding hydrogens is 338 g/mol. The van der Waals surface area contributed by atoms with Crippen molar-refractivity contribution in [1.29, 1.82) is 0 Å². The van der Waals surface area contributed by atoms with Crippen LogP contribution in [-0.4, -0.2) is 59.7 Å². The van der Waals surface area contributed by atoms with Gasteiger partial charge in [0, 0.05) is 18.0 Å². The lowest BCUT2D eigenvalue weighted by molar-refractivity contribution is -0.128. The van der Waals surface area contributed by atoms with Gasteiger partial charge in [0.15, 0.2) is 0 Å². The Morgan fingerprint density at radius 2 is 2.27 bits per heavy atom. The molecule has 0 spiro atoms. The summed E-state index contributed by atoms with van der Waals surface area (Å²) < 4.78 is 0.426. The van der Waals surface area contributed by atoms with Crippen LogP contribution in [0.1, 0.15) is 4.88 Å². The molecule has 0 atom stereocenters. The first kappa shape index (κ1) is 17.1. The summed E-state index contributed by atoms with van der Waals surface area (Å²) in [7, 11) is 3.87. The molecule has 22 heavy (non-hydrogen) atoms. The smallest absolute Gasteiger partial charge is 0.266 e. The zero-order valence-electron chi connectivity index (χ0n) is 12.4. The lowest BCUT2D eigenvalue weighted by Gasteiger charge is -2.15. The van der Waals surface area contributed by atoms with Crippen molar-refractivity contribution in [2.75, 3.05) is 33.7 Å². The molecule has 0 saturated carbocycles. The average Bonchev–Trinajstić information content (AvgIpc) is 3.03. The SMILES string of the molecule is CN(C)CCNC(=O)CN1C(=O)C(=Cc2cccs2)SC1=S. The predicted molar refractivity (Wildman–Crippen MR) is 95.8 cm³/mol. The molecule has 118 valence electrons. The molecule has 5 nitrogen and oxygen atoms in total. The van der Waals surface area contributed by atoms with E-state index in [4.69, 9.17) is 12.2 Å². The van der Waals surface area contributed by atoms with Crippen LogP contribution in [0.5, 0.6) is 0 Å². The summed E-state index contributed by atoms with van der Waals surface area (Å²) in [6.45, 7) is 1.27. The molecule has 1 aromatic rings. The third-order valence-corrected chi connectivity index (χ3v) is 5.07. The Bertz CT molecular complexity index is 596. The summed E-state index contributed by atoms with van der Waals surface area (Å²) >= 11 is 8.00. The molecule has 0 radical (unpaired) electrons. The van der Waals surface area contributed by atoms with Crippen LogP contribution in [0.4, 0.5) is 0 Å². The van der Waals surface area contributed by atoms with E-state index in [0.717, 1.165) is 11.4 Å². The van der Waals surface area contributed by atoms with Crippen molar-refractivity contribution in [3.05, 3.63) is 27.3 Å². The molecule has 2 heterocycles. The predicted octanol–water partition coefficient (Wildman–Crippen LogP) is 1.63. The summed E-state index contributed by atoms with van der Waals surface area (Å²) in [5.74, 6) is -0.401. The van der Waals surface area contributed by atoms with Gasteiger partial charge in [-0.05, 0) is 31.6 Å². The Labute approximate surface area is 143 Å². The van der Waals surface area contributed by atoms with E-state index >= 15 is 0 Å². The Balaban J connectivity index is 1.93. The maximum atomic E-state index is 12.3. The molecule has 0 unspecified atom stereocenters. The van der Waals surface area contributed by atoms with Crippen LogP contribution in [0.15, 0.2) is 22.4 Å². The zero-order chi connectivity index (χ0) is 16.1. The fourth-order valence-corrected chi connectivity index (χ4v) is 3.74. The number of likely N-dealkylation sites (N-methyl/N-ethyl adjacent to an activating group) is 1. The molecule has 1 aliphatic rings. The number of thioether (sulfide) groups is 1. The van der Waals surface area contributed by atoms with E-state index in [0.29, 0.717) is 15.8 Å². The molecule has 0 aliphatic carbocycles. The fraction of sp³-hybridized carbons (Fsp3) is 0.357. The molecule has 1 aliphatic heterocycles. The van der Waals surface area contributed by atoms with Gasteiger partial charge < -0.3 is 10.2 Å². The highest BCUT2D eigenvalue weighted by Crippen LogP contribution is 2.32. The van der Waals surface area contributed by atoms with Gasteiger partial charge in [0.2, 0.25) is 5.91 Å². The molecule has 1 aromatic heterocycles. The number of hydrogen-bond donors (Lipinski definition) is 1. The van der Waals surface area contributed by atoms with Crippen LogP contribution in [-0.2, 0) is 9.59 Å². The van der Waals surface area contributed by atoms with E-state index in [1.165, 1.54) is 16.7 Å². The van der Waals surface area contributed by atoms with E-state index in [1.807, 2.05) is 42.6 Å². The minimum Gasteiger partial charge on any atom is -0.353 e. The zero-order valence-corrected chi connectivity index (χ0v) is 14.8. The number of amides is 2. The summed E-state index contributed by atoms with van der Waals surface area (Å²) in [4.78, 5) is 29.1. The monoisotopic (exact) mass is 355 g/mol. The largest absolute Gasteiger partial charge is 0.353 e. The number of carbonyl (C=O) groups excluding carboxylic acids is 2. The van der Waals surface area contributed by atoms with Crippen LogP contribution < -0.4 is 5.32 Å². The van der Waals surface area contributed by atoms with E-state index in [-0.39, 0.29) is 18.4 Å². The number of nitrogens with zero attached hydrogens (tertiary/aromatic N) is 2. The van der Waals surface area contributed by atoms with Gasteiger partial charge in [0.25, 0.3) is 5.91 Å². The second kappa shape index (κ2) is 7.87. The van der Waals surface area contributed by atoms with Gasteiger partial charge in [-0.25, -0.2) is 0 Å². The van der Waals surface area contributed by atoms with Crippen LogP contribution in [0.25, 0.3) is 6.08 Å². The molecule has 8 heteroatoms. The number of hydrogen-bond acceptors (Lipinski definition) is 6. The summed E-state index contributed by atoms with van der Waals surface area (Å²) in [5, 5.41) is 4.73. The summed E-state index contributed by atoms with van der Waals surface area (Å²) in [6.07, 6.45) is 1.81. The minimum absolute atomic E-state index is 0.0279. The van der Waals surface area contributed by atoms with Gasteiger partial charge in [0.05, 0.1) is 4.91 Å². The van der Waals surface area contributed by atoms with Gasteiger partial charge in [-0.15, -0.1) is 11.3 Å². The first-order chi connectivity index (χ1) is 10.5. The highest BCUT2D eigenvalue weighted by atomic mass is 32.2. The van der Waals surface area contributed by atoms with Crippen LogP contribution in [0.2, 0.25) is 0 Å². The van der Waals surface area contributed by atoms with Gasteiger partial charge in [-0.1, -0.05) is 30.0 Å². The quantitative estimate of drug-likeness (QED) is 0.621. The maximum Gasteiger partial charge on any atom is 0.266 e. The standard InChI is InChI=1S/C14H17N3O2S3/c1-16(2)6-5-15-12(18)9-17-13(19)11(22-14(17)20)8-10-4-3-7-21-10/h3-4,7-8H,5-6,9H2,1-2H3,(H,15,18). The van der Waals surface area contributed by atoms with Gasteiger partial charge in [0.1, 0.15) is 10.9 Å². The van der Waals surface area contributed by atoms with Crippen molar-refractivity contribution in [3.8, 4) is 0 Å². The highest BCUT2D eigenvalue weighted by Gasteiger charge is 2.33. The van der Waals surface area contributed by atoms with Gasteiger partial charge in [-0.2, -0.15) is 0 Å². The van der Waals surface area contributed by atoms with Crippen molar-refractivity contribution in [1.82, 2.24) is 15.1 Å². The molecule has 0 aromatic carbocycles. The lowest BCUT2D eigenvalue weighted by atomic mass is 10.3. The first-order valence-corrected chi connectivity index (χ1v) is 8.78. The Hall–Kier alpha value is -1.22. The van der Waals surface area contributed by atoms with Crippen LogP contribution in [0.3, 0.4) is 0 Å². The number of nitrogens with one attached hydrogen (secondary N) is 1. The van der Waals surface area contributed by atoms with Crippen LogP contribution in [0, 0.1) is 0 Å². The third-order valence-electron chi connectivity index (χ3n) is 2.87. The maximum absolute atomic E-state index is 12.3. The molecule has 1 N–H and O–H groups in total. The minimum atomic E-state index is -0.203. The normalized spacial score (nSPS) is 16.9. The number of rotatable bonds is 6. The fourth-order valence-electron chi connectivity index (χ4n) is 1.76. The molecular formula is C14H17N3O2S3. The molecule has 1 fully saturated rings. The average molecular weight is 356 g/mol. The Morgan fingerprint density at radius 3 is 2.91 bits per heavy atom. The first-order valence-electron chi connectivity index (χ1n) is 6.67. The highest BCUT2D eigenvalue weighted by molar-refractivity contribution is 8.26. The summed E-state index contributed by atoms with van der Waals surface area (Å²) in [5.41, 5.74) is 0. The molecule has 2 amide bonds. The van der Waals surface area contributed by atoms with Crippen molar-refractivity contribution >= 4 is 57.5 Å². The Morgan fingerprint density at radius 1 is 1.50 bits per heavy atom. The van der Waals surface area contributed by atoms with Crippen molar-refractivity contribution < 1.29 is 9.59 Å². The third kappa shape index (κ3) is 4.64. The molecule has 0 bridgehead atoms. The van der Waals surface area contributed by atoms with E-state index < -0.39 is 0 Å². The second-order valence-electron chi connectivity index (χ2n) is 4.94. The van der Waals surface area contributed by atoms with E-state index in [9.17, 15) is 9.59 Å². The molecule has 2 rings (SSSR count). The summed E-state index contributed by atoms with van der Waals surface area (Å²) in [6, 6.07) is 3.86. The van der Waals surface area contributed by atoms with E-state index in [2.05, 4.69) is 5.32 Å². The number of thiocarbonyl (C=S) groups is 1. The molecule has 1 saturated heterocycles. The lowest BCUT2D eigenvalue weighted by Crippen LogP contribution is -2.41. The topological polar surface area (TPSA) is 52.7 Å². The van der Waals surface area contributed by atoms with Crippen molar-refractivity contribution in [2.45, 2.75) is 0 Å². The van der Waals surface area contributed by atoms with Crippen LogP contribution >= 0.6 is 35.3 Å². The van der Waals surface area contributed by atoms with Gasteiger partial charge in [-0.3, -0.25) is 14.5 Å². The van der Waals surface area contributed by atoms with Gasteiger partial charge >= 0.3 is 0 Å². The number of thiophene rings is 1. The second-order valence-corrected chi connectivity index (χ2v) is 7.59.